The van der Waals surface area contributed by atoms with Crippen LogP contribution in [0.3, 0.4) is 0 Å². The van der Waals surface area contributed by atoms with Crippen LogP contribution in [0.15, 0.2) is 60.8 Å². The molecule has 0 amide bonds. The van der Waals surface area contributed by atoms with Gasteiger partial charge in [0.25, 0.3) is 0 Å². The molecule has 0 rings (SSSR count). The highest BCUT2D eigenvalue weighted by Crippen LogP contribution is 2.15. The minimum absolute atomic E-state index is 0.0854. The molecule has 0 radical (unpaired) electrons. The van der Waals surface area contributed by atoms with Gasteiger partial charge in [-0.25, -0.2) is 0 Å². The summed E-state index contributed by atoms with van der Waals surface area (Å²) in [5.41, 5.74) is 0. The van der Waals surface area contributed by atoms with Gasteiger partial charge in [-0.05, 0) is 103 Å². The van der Waals surface area contributed by atoms with E-state index in [2.05, 4.69) is 81.5 Å². The molecule has 0 spiro atoms. The molecule has 0 aromatic heterocycles. The Hall–Kier alpha value is -2.89. The summed E-state index contributed by atoms with van der Waals surface area (Å²) in [5.74, 6) is -0.907. The molecule has 0 aliphatic heterocycles. The van der Waals surface area contributed by atoms with E-state index >= 15 is 0 Å². The van der Waals surface area contributed by atoms with Crippen molar-refractivity contribution in [1.82, 2.24) is 0 Å². The Kier molecular flexibility index (Phi) is 51.3. The van der Waals surface area contributed by atoms with E-state index in [4.69, 9.17) is 14.2 Å². The molecular weight excluding hydrogens is 805 g/mol. The fourth-order valence-electron chi connectivity index (χ4n) is 7.80. The van der Waals surface area contributed by atoms with Gasteiger partial charge in [0.1, 0.15) is 13.2 Å². The summed E-state index contributed by atoms with van der Waals surface area (Å²) >= 11 is 0. The van der Waals surface area contributed by atoms with E-state index in [1.54, 1.807) is 0 Å². The van der Waals surface area contributed by atoms with Crippen LogP contribution in [0.2, 0.25) is 0 Å². The van der Waals surface area contributed by atoms with Crippen molar-refractivity contribution < 1.29 is 28.6 Å². The molecule has 0 saturated carbocycles. The number of esters is 3. The van der Waals surface area contributed by atoms with Gasteiger partial charge in [0.2, 0.25) is 0 Å². The van der Waals surface area contributed by atoms with Crippen molar-refractivity contribution >= 4 is 17.9 Å². The second kappa shape index (κ2) is 53.7. The van der Waals surface area contributed by atoms with E-state index in [1.165, 1.54) is 135 Å². The number of hydrogen-bond acceptors (Lipinski definition) is 6. The molecule has 6 nitrogen and oxygen atoms in total. The van der Waals surface area contributed by atoms with E-state index in [-0.39, 0.29) is 31.1 Å². The standard InChI is InChI=1S/C59H104O6/c1-4-7-10-13-16-19-22-25-28-29-32-34-37-40-43-46-49-52-58(61)64-55-56(65-59(62)53-50-47-44-41-38-35-31-27-24-21-18-15-12-9-6-3)54-63-57(60)51-48-45-42-39-36-33-30-26-23-20-17-14-11-8-5-2/h9,12,18,21,25-28,30-31,56H,4-8,10-11,13-17,19-20,22-24,29,32-55H2,1-3H3/b12-9-,21-18-,28-25-,30-26-,31-27-/t56-/m0/s1. The SMILES string of the molecule is CC/C=C\C/C=C\C/C=C\CCCCCCCC(=O)O[C@@H](COC(=O)CCCCCCC/C=C\CCCCCCCC)COC(=O)CCCCCCCCC/C=C\CCCCCCCC. The molecule has 6 heteroatoms. The zero-order valence-corrected chi connectivity index (χ0v) is 43.0. The highest BCUT2D eigenvalue weighted by Gasteiger charge is 2.19. The Balaban J connectivity index is 4.41. The van der Waals surface area contributed by atoms with Crippen LogP contribution in [0.4, 0.5) is 0 Å². The number of unbranched alkanes of at least 4 members (excludes halogenated alkanes) is 29. The number of carbonyl (C=O) groups is 3. The summed E-state index contributed by atoms with van der Waals surface area (Å²) < 4.78 is 16.8. The third-order valence-corrected chi connectivity index (χ3v) is 12.0. The Morgan fingerprint density at radius 1 is 0.323 bits per heavy atom. The normalized spacial score (nSPS) is 12.5. The average Bonchev–Trinajstić information content (AvgIpc) is 3.30. The zero-order valence-electron chi connectivity index (χ0n) is 43.0. The van der Waals surface area contributed by atoms with Gasteiger partial charge in [0.15, 0.2) is 6.10 Å². The van der Waals surface area contributed by atoms with Gasteiger partial charge in [0.05, 0.1) is 0 Å². The van der Waals surface area contributed by atoms with Crippen LogP contribution in [0, 0.1) is 0 Å². The van der Waals surface area contributed by atoms with E-state index < -0.39 is 6.10 Å². The van der Waals surface area contributed by atoms with Crippen LogP contribution in [-0.4, -0.2) is 37.2 Å². The van der Waals surface area contributed by atoms with Crippen LogP contribution in [0.5, 0.6) is 0 Å². The molecule has 0 fully saturated rings. The predicted molar refractivity (Wildman–Crippen MR) is 279 cm³/mol. The van der Waals surface area contributed by atoms with Gasteiger partial charge in [-0.1, -0.05) is 216 Å². The molecule has 0 aromatic carbocycles. The first-order valence-corrected chi connectivity index (χ1v) is 27.8. The Morgan fingerprint density at radius 3 is 0.954 bits per heavy atom. The van der Waals surface area contributed by atoms with E-state index in [0.29, 0.717) is 19.3 Å². The third kappa shape index (κ3) is 51.9. The number of ether oxygens (including phenoxy) is 3. The minimum atomic E-state index is -0.788. The van der Waals surface area contributed by atoms with Gasteiger partial charge in [-0.3, -0.25) is 14.4 Å². The lowest BCUT2D eigenvalue weighted by Gasteiger charge is -2.18. The van der Waals surface area contributed by atoms with Crippen molar-refractivity contribution in [1.29, 1.82) is 0 Å². The maximum atomic E-state index is 12.8. The lowest BCUT2D eigenvalue weighted by atomic mass is 10.1. The van der Waals surface area contributed by atoms with E-state index in [1.807, 2.05) is 0 Å². The molecule has 376 valence electrons. The predicted octanol–water partition coefficient (Wildman–Crippen LogP) is 18.4. The van der Waals surface area contributed by atoms with Crippen molar-refractivity contribution in [2.75, 3.05) is 13.2 Å². The number of allylic oxidation sites excluding steroid dienone is 10. The number of carbonyl (C=O) groups excluding carboxylic acids is 3. The van der Waals surface area contributed by atoms with Crippen molar-refractivity contribution in [3.63, 3.8) is 0 Å². The van der Waals surface area contributed by atoms with E-state index in [9.17, 15) is 14.4 Å². The number of hydrogen-bond donors (Lipinski definition) is 0. The lowest BCUT2D eigenvalue weighted by molar-refractivity contribution is -0.167. The fourth-order valence-corrected chi connectivity index (χ4v) is 7.80. The van der Waals surface area contributed by atoms with Crippen LogP contribution in [-0.2, 0) is 28.6 Å². The van der Waals surface area contributed by atoms with Crippen LogP contribution >= 0.6 is 0 Å². The monoisotopic (exact) mass is 909 g/mol. The van der Waals surface area contributed by atoms with Crippen LogP contribution in [0.1, 0.15) is 278 Å². The molecule has 1 atom stereocenters. The summed E-state index contributed by atoms with van der Waals surface area (Å²) in [6, 6.07) is 0. The van der Waals surface area contributed by atoms with E-state index in [0.717, 1.165) is 103 Å². The summed E-state index contributed by atoms with van der Waals surface area (Å²) in [7, 11) is 0. The minimum Gasteiger partial charge on any atom is -0.462 e. The van der Waals surface area contributed by atoms with Crippen LogP contribution < -0.4 is 0 Å². The smallest absolute Gasteiger partial charge is 0.306 e. The first-order valence-electron chi connectivity index (χ1n) is 27.8. The summed E-state index contributed by atoms with van der Waals surface area (Å²) in [5, 5.41) is 0. The molecular formula is C59H104O6. The Labute approximate surface area is 402 Å². The van der Waals surface area contributed by atoms with Crippen molar-refractivity contribution in [2.24, 2.45) is 0 Å². The molecule has 0 aliphatic rings. The quantitative estimate of drug-likeness (QED) is 0.0262. The molecule has 0 saturated heterocycles. The number of rotatable bonds is 50. The van der Waals surface area contributed by atoms with Gasteiger partial charge >= 0.3 is 17.9 Å². The molecule has 0 aromatic rings. The van der Waals surface area contributed by atoms with Crippen molar-refractivity contribution in [3.05, 3.63) is 60.8 Å². The van der Waals surface area contributed by atoms with Gasteiger partial charge in [-0.15, -0.1) is 0 Å². The molecule has 0 bridgehead atoms. The second-order valence-electron chi connectivity index (χ2n) is 18.5. The summed E-state index contributed by atoms with van der Waals surface area (Å²) in [6.07, 6.45) is 66.3. The van der Waals surface area contributed by atoms with Gasteiger partial charge < -0.3 is 14.2 Å². The summed E-state index contributed by atoms with van der Waals surface area (Å²) in [4.78, 5) is 38.1. The Morgan fingerprint density at radius 2 is 0.600 bits per heavy atom. The molecule has 0 heterocycles. The van der Waals surface area contributed by atoms with Gasteiger partial charge in [0, 0.05) is 19.3 Å². The third-order valence-electron chi connectivity index (χ3n) is 12.0. The largest absolute Gasteiger partial charge is 0.462 e. The summed E-state index contributed by atoms with van der Waals surface area (Å²) in [6.45, 7) is 6.51. The van der Waals surface area contributed by atoms with Crippen molar-refractivity contribution in [3.8, 4) is 0 Å². The van der Waals surface area contributed by atoms with Gasteiger partial charge in [-0.2, -0.15) is 0 Å². The Bertz CT molecular complexity index is 1180. The van der Waals surface area contributed by atoms with Crippen molar-refractivity contribution in [2.45, 2.75) is 284 Å². The maximum Gasteiger partial charge on any atom is 0.306 e. The molecule has 0 N–H and O–H groups in total. The first kappa shape index (κ1) is 62.1. The fraction of sp³-hybridized carbons (Fsp3) is 0.780. The molecule has 65 heavy (non-hydrogen) atoms. The zero-order chi connectivity index (χ0) is 47.2. The second-order valence-corrected chi connectivity index (χ2v) is 18.5. The maximum absolute atomic E-state index is 12.8. The lowest BCUT2D eigenvalue weighted by Crippen LogP contribution is -2.30. The highest BCUT2D eigenvalue weighted by atomic mass is 16.6. The topological polar surface area (TPSA) is 78.9 Å². The molecule has 0 aliphatic carbocycles. The molecule has 0 unspecified atom stereocenters. The van der Waals surface area contributed by atoms with Crippen LogP contribution in [0.25, 0.3) is 0 Å². The average molecular weight is 909 g/mol. The first-order chi connectivity index (χ1) is 32.0. The highest BCUT2D eigenvalue weighted by molar-refractivity contribution is 5.71.